The number of amides is 1. The van der Waals surface area contributed by atoms with Gasteiger partial charge in [0.15, 0.2) is 0 Å². The first-order valence-corrected chi connectivity index (χ1v) is 11.4. The van der Waals surface area contributed by atoms with Gasteiger partial charge in [-0.1, -0.05) is 12.1 Å². The van der Waals surface area contributed by atoms with Crippen LogP contribution in [0.3, 0.4) is 0 Å². The Morgan fingerprint density at radius 3 is 2.50 bits per heavy atom. The van der Waals surface area contributed by atoms with Crippen molar-refractivity contribution in [3.05, 3.63) is 54.4 Å². The van der Waals surface area contributed by atoms with Crippen LogP contribution in [0.4, 0.5) is 5.69 Å². The molecule has 1 N–H and O–H groups in total. The van der Waals surface area contributed by atoms with Crippen molar-refractivity contribution in [2.75, 3.05) is 45.6 Å². The van der Waals surface area contributed by atoms with Crippen LogP contribution in [-0.4, -0.2) is 79.7 Å². The van der Waals surface area contributed by atoms with Gasteiger partial charge in [-0.2, -0.15) is 0 Å². The van der Waals surface area contributed by atoms with Gasteiger partial charge in [-0.25, -0.2) is 12.7 Å². The zero-order chi connectivity index (χ0) is 21.7. The van der Waals surface area contributed by atoms with Gasteiger partial charge in [0.25, 0.3) is 0 Å². The highest BCUT2D eigenvalue weighted by atomic mass is 32.2. The third-order valence-electron chi connectivity index (χ3n) is 5.33. The third-order valence-corrected chi connectivity index (χ3v) is 7.14. The summed E-state index contributed by atoms with van der Waals surface area (Å²) in [5.41, 5.74) is 1.52. The minimum atomic E-state index is -3.55. The van der Waals surface area contributed by atoms with Crippen molar-refractivity contribution < 1.29 is 13.2 Å². The average Bonchev–Trinajstić information content (AvgIpc) is 2.74. The van der Waals surface area contributed by atoms with Crippen LogP contribution in [0.5, 0.6) is 0 Å². The summed E-state index contributed by atoms with van der Waals surface area (Å²) in [5, 5.41) is 2.85. The van der Waals surface area contributed by atoms with Gasteiger partial charge in [-0.15, -0.1) is 0 Å². The van der Waals surface area contributed by atoms with E-state index in [1.807, 2.05) is 25.1 Å². The maximum Gasteiger partial charge on any atom is 0.242 e. The van der Waals surface area contributed by atoms with Crippen LogP contribution < -0.4 is 5.32 Å². The fraction of sp³-hybridized carbons (Fsp3) is 0.429. The van der Waals surface area contributed by atoms with Gasteiger partial charge in [-0.3, -0.25) is 19.6 Å². The molecule has 9 heteroatoms. The van der Waals surface area contributed by atoms with E-state index in [9.17, 15) is 13.2 Å². The predicted molar refractivity (Wildman–Crippen MR) is 116 cm³/mol. The SMILES string of the molecule is CC(C(=O)Nc1cccc(S(=O)(=O)N(C)C)c1)N1CCN(Cc2ccccn2)CC1. The fourth-order valence-electron chi connectivity index (χ4n) is 3.39. The summed E-state index contributed by atoms with van der Waals surface area (Å²) >= 11 is 0. The minimum Gasteiger partial charge on any atom is -0.325 e. The Morgan fingerprint density at radius 1 is 1.13 bits per heavy atom. The lowest BCUT2D eigenvalue weighted by atomic mass is 10.2. The number of benzene rings is 1. The van der Waals surface area contributed by atoms with E-state index in [0.29, 0.717) is 5.69 Å². The Hall–Kier alpha value is -2.33. The second-order valence-electron chi connectivity index (χ2n) is 7.61. The van der Waals surface area contributed by atoms with E-state index in [1.54, 1.807) is 18.3 Å². The molecule has 0 radical (unpaired) electrons. The molecule has 2 aromatic rings. The fourth-order valence-corrected chi connectivity index (χ4v) is 4.34. The number of anilines is 1. The molecular weight excluding hydrogens is 402 g/mol. The largest absolute Gasteiger partial charge is 0.325 e. The van der Waals surface area contributed by atoms with Gasteiger partial charge in [0.2, 0.25) is 15.9 Å². The Morgan fingerprint density at radius 2 is 1.87 bits per heavy atom. The lowest BCUT2D eigenvalue weighted by molar-refractivity contribution is -0.121. The summed E-state index contributed by atoms with van der Waals surface area (Å²) < 4.78 is 25.8. The summed E-state index contributed by atoms with van der Waals surface area (Å²) in [6, 6.07) is 12.0. The highest BCUT2D eigenvalue weighted by Crippen LogP contribution is 2.19. The molecule has 0 saturated carbocycles. The molecule has 1 aromatic heterocycles. The molecule has 1 amide bonds. The number of hydrogen-bond acceptors (Lipinski definition) is 6. The van der Waals surface area contributed by atoms with Gasteiger partial charge in [0, 0.05) is 58.7 Å². The van der Waals surface area contributed by atoms with Gasteiger partial charge >= 0.3 is 0 Å². The van der Waals surface area contributed by atoms with E-state index < -0.39 is 10.0 Å². The predicted octanol–water partition coefficient (Wildman–Crippen LogP) is 1.48. The molecule has 1 aromatic carbocycles. The van der Waals surface area contributed by atoms with Crippen LogP contribution in [0.2, 0.25) is 0 Å². The maximum atomic E-state index is 12.7. The van der Waals surface area contributed by atoms with Crippen molar-refractivity contribution in [1.82, 2.24) is 19.1 Å². The molecule has 1 aliphatic heterocycles. The van der Waals surface area contributed by atoms with E-state index >= 15 is 0 Å². The number of carbonyl (C=O) groups is 1. The molecule has 0 bridgehead atoms. The average molecular weight is 432 g/mol. The smallest absolute Gasteiger partial charge is 0.242 e. The summed E-state index contributed by atoms with van der Waals surface area (Å²) in [5.74, 6) is -0.146. The first kappa shape index (κ1) is 22.4. The maximum absolute atomic E-state index is 12.7. The third kappa shape index (κ3) is 5.42. The molecule has 1 saturated heterocycles. The lowest BCUT2D eigenvalue weighted by Crippen LogP contribution is -2.52. The summed E-state index contributed by atoms with van der Waals surface area (Å²) in [6.07, 6.45) is 1.80. The number of nitrogens with one attached hydrogen (secondary N) is 1. The molecule has 1 aliphatic rings. The summed E-state index contributed by atoms with van der Waals surface area (Å²) in [4.78, 5) is 21.7. The normalized spacial score (nSPS) is 17.1. The van der Waals surface area contributed by atoms with E-state index in [4.69, 9.17) is 0 Å². The summed E-state index contributed by atoms with van der Waals surface area (Å²) in [6.45, 7) is 6.00. The van der Waals surface area contributed by atoms with Crippen LogP contribution in [0.15, 0.2) is 53.6 Å². The van der Waals surface area contributed by atoms with Crippen molar-refractivity contribution in [3.8, 4) is 0 Å². The number of aromatic nitrogens is 1. The van der Waals surface area contributed by atoms with Gasteiger partial charge < -0.3 is 5.32 Å². The number of nitrogens with zero attached hydrogens (tertiary/aromatic N) is 4. The molecule has 1 fully saturated rings. The Kier molecular flexibility index (Phi) is 7.19. The van der Waals surface area contributed by atoms with E-state index in [2.05, 4.69) is 20.1 Å². The van der Waals surface area contributed by atoms with E-state index in [0.717, 1.165) is 42.7 Å². The monoisotopic (exact) mass is 431 g/mol. The van der Waals surface area contributed by atoms with E-state index in [-0.39, 0.29) is 16.8 Å². The number of carbonyl (C=O) groups excluding carboxylic acids is 1. The summed E-state index contributed by atoms with van der Waals surface area (Å²) in [7, 11) is -0.582. The highest BCUT2D eigenvalue weighted by Gasteiger charge is 2.26. The zero-order valence-corrected chi connectivity index (χ0v) is 18.5. The van der Waals surface area contributed by atoms with Crippen molar-refractivity contribution in [3.63, 3.8) is 0 Å². The number of sulfonamides is 1. The number of pyridine rings is 1. The first-order chi connectivity index (χ1) is 14.3. The van der Waals surface area contributed by atoms with Gasteiger partial charge in [-0.05, 0) is 37.3 Å². The van der Waals surface area contributed by atoms with E-state index in [1.165, 1.54) is 26.2 Å². The lowest BCUT2D eigenvalue weighted by Gasteiger charge is -2.37. The highest BCUT2D eigenvalue weighted by molar-refractivity contribution is 7.89. The van der Waals surface area contributed by atoms with Crippen molar-refractivity contribution in [1.29, 1.82) is 0 Å². The Balaban J connectivity index is 1.55. The Bertz CT molecular complexity index is 958. The number of piperazine rings is 1. The first-order valence-electron chi connectivity index (χ1n) is 9.97. The molecule has 0 aliphatic carbocycles. The molecule has 1 unspecified atom stereocenters. The molecular formula is C21H29N5O3S. The van der Waals surface area contributed by atoms with Crippen LogP contribution in [0, 0.1) is 0 Å². The minimum absolute atomic E-state index is 0.146. The number of rotatable bonds is 7. The van der Waals surface area contributed by atoms with Crippen molar-refractivity contribution in [2.24, 2.45) is 0 Å². The second-order valence-corrected chi connectivity index (χ2v) is 9.77. The standard InChI is InChI=1S/C21H29N5O3S/c1-17(26-13-11-25(12-14-26)16-19-7-4-5-10-22-19)21(27)23-18-8-6-9-20(15-18)30(28,29)24(2)3/h4-10,15,17H,11-14,16H2,1-3H3,(H,23,27). The van der Waals surface area contributed by atoms with Crippen LogP contribution in [0.1, 0.15) is 12.6 Å². The molecule has 1 atom stereocenters. The molecule has 3 rings (SSSR count). The quantitative estimate of drug-likeness (QED) is 0.715. The molecule has 162 valence electrons. The van der Waals surface area contributed by atoms with Crippen molar-refractivity contribution >= 4 is 21.6 Å². The van der Waals surface area contributed by atoms with Crippen LogP contribution >= 0.6 is 0 Å². The second kappa shape index (κ2) is 9.65. The topological polar surface area (TPSA) is 85.8 Å². The molecule has 8 nitrogen and oxygen atoms in total. The zero-order valence-electron chi connectivity index (χ0n) is 17.7. The van der Waals surface area contributed by atoms with Gasteiger partial charge in [0.05, 0.1) is 16.6 Å². The van der Waals surface area contributed by atoms with Crippen molar-refractivity contribution in [2.45, 2.75) is 24.4 Å². The van der Waals surface area contributed by atoms with Crippen LogP contribution in [-0.2, 0) is 21.4 Å². The number of hydrogen-bond donors (Lipinski definition) is 1. The van der Waals surface area contributed by atoms with Gasteiger partial charge in [0.1, 0.15) is 0 Å². The van der Waals surface area contributed by atoms with Crippen LogP contribution in [0.25, 0.3) is 0 Å². The molecule has 2 heterocycles. The molecule has 0 spiro atoms. The molecule has 30 heavy (non-hydrogen) atoms. The Labute approximate surface area is 178 Å².